The summed E-state index contributed by atoms with van der Waals surface area (Å²) in [5, 5.41) is 6.56. The van der Waals surface area contributed by atoms with E-state index in [-0.39, 0.29) is 0 Å². The van der Waals surface area contributed by atoms with Crippen molar-refractivity contribution in [3.63, 3.8) is 0 Å². The van der Waals surface area contributed by atoms with Crippen molar-refractivity contribution in [3.8, 4) is 0 Å². The number of hydrogen-bond donors (Lipinski definition) is 1. The second-order valence-electron chi connectivity index (χ2n) is 3.33. The first-order valence-electron chi connectivity index (χ1n) is 4.24. The van der Waals surface area contributed by atoms with E-state index in [1.165, 1.54) is 18.3 Å². The van der Waals surface area contributed by atoms with E-state index in [2.05, 4.69) is 5.32 Å². The summed E-state index contributed by atoms with van der Waals surface area (Å²) in [6.45, 7) is 3.41. The minimum absolute atomic E-state index is 0.580. The van der Waals surface area contributed by atoms with Crippen LogP contribution < -0.4 is 5.32 Å². The summed E-state index contributed by atoms with van der Waals surface area (Å²) in [5.74, 6) is 0. The van der Waals surface area contributed by atoms with E-state index in [1.54, 1.807) is 0 Å². The van der Waals surface area contributed by atoms with Gasteiger partial charge < -0.3 is 5.32 Å². The summed E-state index contributed by atoms with van der Waals surface area (Å²) in [5.41, 5.74) is 1.79. The molecule has 0 aliphatic heterocycles. The van der Waals surface area contributed by atoms with Gasteiger partial charge in [-0.15, -0.1) is 11.3 Å². The lowest BCUT2D eigenvalue weighted by Crippen LogP contribution is -2.23. The molecule has 1 heterocycles. The van der Waals surface area contributed by atoms with Crippen LogP contribution in [-0.4, -0.2) is 12.2 Å². The SMILES string of the molecule is Cc1cscc1NC(C)CC(F)(F)F. The molecular weight excluding hydrogens is 211 g/mol. The molecule has 1 aromatic heterocycles. The fourth-order valence-electron chi connectivity index (χ4n) is 1.17. The van der Waals surface area contributed by atoms with Crippen molar-refractivity contribution in [2.45, 2.75) is 32.5 Å². The van der Waals surface area contributed by atoms with Crippen molar-refractivity contribution in [2.75, 3.05) is 5.32 Å². The number of thiophene rings is 1. The summed E-state index contributed by atoms with van der Waals surface area (Å²) < 4.78 is 36.0. The van der Waals surface area contributed by atoms with Crippen LogP contribution in [-0.2, 0) is 0 Å². The summed E-state index contributed by atoms with van der Waals surface area (Å²) in [4.78, 5) is 0. The van der Waals surface area contributed by atoms with Gasteiger partial charge in [0.1, 0.15) is 0 Å². The van der Waals surface area contributed by atoms with Crippen LogP contribution in [0.2, 0.25) is 0 Å². The van der Waals surface area contributed by atoms with Crippen molar-refractivity contribution in [1.29, 1.82) is 0 Å². The zero-order valence-electron chi connectivity index (χ0n) is 7.98. The number of rotatable bonds is 3. The van der Waals surface area contributed by atoms with E-state index in [1.807, 2.05) is 17.7 Å². The molecule has 5 heteroatoms. The first-order chi connectivity index (χ1) is 6.38. The maximum atomic E-state index is 12.0. The molecule has 0 saturated carbocycles. The lowest BCUT2D eigenvalue weighted by molar-refractivity contribution is -0.136. The highest BCUT2D eigenvalue weighted by molar-refractivity contribution is 7.08. The standard InChI is InChI=1S/C9H12F3NS/c1-6-4-14-5-8(6)13-7(2)3-9(10,11)12/h4-5,7,13H,3H2,1-2H3. The third-order valence-electron chi connectivity index (χ3n) is 1.80. The minimum atomic E-state index is -4.10. The Labute approximate surface area is 84.9 Å². The summed E-state index contributed by atoms with van der Waals surface area (Å²) in [6.07, 6.45) is -4.90. The Morgan fingerprint density at radius 1 is 1.43 bits per heavy atom. The first-order valence-corrected chi connectivity index (χ1v) is 5.19. The lowest BCUT2D eigenvalue weighted by atomic mass is 10.2. The Morgan fingerprint density at radius 3 is 2.50 bits per heavy atom. The Kier molecular flexibility index (Phi) is 3.42. The number of alkyl halides is 3. The number of nitrogens with one attached hydrogen (secondary N) is 1. The van der Waals surface area contributed by atoms with Crippen LogP contribution in [0.15, 0.2) is 10.8 Å². The van der Waals surface area contributed by atoms with Gasteiger partial charge in [-0.25, -0.2) is 0 Å². The predicted molar refractivity (Wildman–Crippen MR) is 52.8 cm³/mol. The summed E-state index contributed by atoms with van der Waals surface area (Å²) in [6, 6.07) is -0.580. The van der Waals surface area contributed by atoms with Gasteiger partial charge in [-0.2, -0.15) is 13.2 Å². The van der Waals surface area contributed by atoms with Crippen LogP contribution in [0.25, 0.3) is 0 Å². The van der Waals surface area contributed by atoms with Gasteiger partial charge in [-0.05, 0) is 24.8 Å². The molecule has 0 saturated heterocycles. The molecule has 1 unspecified atom stereocenters. The summed E-state index contributed by atoms with van der Waals surface area (Å²) in [7, 11) is 0. The topological polar surface area (TPSA) is 12.0 Å². The van der Waals surface area contributed by atoms with Gasteiger partial charge in [0.25, 0.3) is 0 Å². The maximum absolute atomic E-state index is 12.0. The van der Waals surface area contributed by atoms with Crippen molar-refractivity contribution in [1.82, 2.24) is 0 Å². The third kappa shape index (κ3) is 3.57. The van der Waals surface area contributed by atoms with Crippen LogP contribution >= 0.6 is 11.3 Å². The highest BCUT2D eigenvalue weighted by Gasteiger charge is 2.29. The van der Waals surface area contributed by atoms with Gasteiger partial charge >= 0.3 is 6.18 Å². The number of hydrogen-bond acceptors (Lipinski definition) is 2. The minimum Gasteiger partial charge on any atom is -0.381 e. The van der Waals surface area contributed by atoms with Crippen LogP contribution in [0.1, 0.15) is 18.9 Å². The Balaban J connectivity index is 2.50. The summed E-state index contributed by atoms with van der Waals surface area (Å²) >= 11 is 1.48. The van der Waals surface area contributed by atoms with Gasteiger partial charge in [-0.1, -0.05) is 0 Å². The third-order valence-corrected chi connectivity index (χ3v) is 2.66. The van der Waals surface area contributed by atoms with E-state index < -0.39 is 18.6 Å². The molecule has 1 atom stereocenters. The normalized spacial score (nSPS) is 14.1. The smallest absolute Gasteiger partial charge is 0.381 e. The number of halogens is 3. The molecule has 14 heavy (non-hydrogen) atoms. The molecule has 0 aromatic carbocycles. The largest absolute Gasteiger partial charge is 0.391 e. The first kappa shape index (κ1) is 11.4. The quantitative estimate of drug-likeness (QED) is 0.821. The monoisotopic (exact) mass is 223 g/mol. The number of anilines is 1. The van der Waals surface area contributed by atoms with Crippen molar-refractivity contribution in [3.05, 3.63) is 16.3 Å². The van der Waals surface area contributed by atoms with Crippen molar-refractivity contribution < 1.29 is 13.2 Å². The highest BCUT2D eigenvalue weighted by Crippen LogP contribution is 2.25. The molecule has 0 bridgehead atoms. The van der Waals surface area contributed by atoms with Crippen molar-refractivity contribution >= 4 is 17.0 Å². The van der Waals surface area contributed by atoms with Gasteiger partial charge in [0.15, 0.2) is 0 Å². The zero-order valence-corrected chi connectivity index (χ0v) is 8.80. The number of aryl methyl sites for hydroxylation is 1. The average Bonchev–Trinajstić information content (AvgIpc) is 2.32. The van der Waals surface area contributed by atoms with E-state index in [0.29, 0.717) is 0 Å². The fraction of sp³-hybridized carbons (Fsp3) is 0.556. The highest BCUT2D eigenvalue weighted by atomic mass is 32.1. The molecule has 1 aromatic rings. The van der Waals surface area contributed by atoms with Crippen molar-refractivity contribution in [2.24, 2.45) is 0 Å². The molecule has 1 rings (SSSR count). The Morgan fingerprint density at radius 2 is 2.07 bits per heavy atom. The Hall–Kier alpha value is -0.710. The lowest BCUT2D eigenvalue weighted by Gasteiger charge is -2.16. The van der Waals surface area contributed by atoms with Crippen LogP contribution in [0.3, 0.4) is 0 Å². The molecule has 1 N–H and O–H groups in total. The Bertz CT molecular complexity index is 292. The molecule has 0 amide bonds. The van der Waals surface area contributed by atoms with E-state index >= 15 is 0 Å². The maximum Gasteiger partial charge on any atom is 0.391 e. The molecular formula is C9H12F3NS. The molecule has 0 radical (unpaired) electrons. The van der Waals surface area contributed by atoms with E-state index in [4.69, 9.17) is 0 Å². The van der Waals surface area contributed by atoms with Gasteiger partial charge in [0.2, 0.25) is 0 Å². The van der Waals surface area contributed by atoms with E-state index in [0.717, 1.165) is 11.3 Å². The molecule has 80 valence electrons. The van der Waals surface area contributed by atoms with Crippen LogP contribution in [0.4, 0.5) is 18.9 Å². The predicted octanol–water partition coefficient (Wildman–Crippen LogP) is 3.81. The van der Waals surface area contributed by atoms with Gasteiger partial charge in [-0.3, -0.25) is 0 Å². The average molecular weight is 223 g/mol. The van der Waals surface area contributed by atoms with Crippen LogP contribution in [0.5, 0.6) is 0 Å². The zero-order chi connectivity index (χ0) is 10.8. The molecule has 1 nitrogen and oxygen atoms in total. The molecule has 0 fully saturated rings. The van der Waals surface area contributed by atoms with Gasteiger partial charge in [0, 0.05) is 17.1 Å². The fourth-order valence-corrected chi connectivity index (χ4v) is 1.96. The van der Waals surface area contributed by atoms with Crippen LogP contribution in [0, 0.1) is 6.92 Å². The second-order valence-corrected chi connectivity index (χ2v) is 4.08. The van der Waals surface area contributed by atoms with E-state index in [9.17, 15) is 13.2 Å². The molecule has 0 spiro atoms. The molecule has 0 aliphatic rings. The second kappa shape index (κ2) is 4.21. The molecule has 0 aliphatic carbocycles. The van der Waals surface area contributed by atoms with Gasteiger partial charge in [0.05, 0.1) is 6.42 Å².